The zero-order valence-electron chi connectivity index (χ0n) is 18.0. The van der Waals surface area contributed by atoms with E-state index in [1.165, 1.54) is 0 Å². The van der Waals surface area contributed by atoms with Crippen molar-refractivity contribution in [3.05, 3.63) is 0 Å². The molecule has 13 nitrogen and oxygen atoms in total. The Balaban J connectivity index is 5.49. The average Bonchev–Trinajstić information content (AvgIpc) is 2.66. The van der Waals surface area contributed by atoms with Crippen LogP contribution in [0.3, 0.4) is 0 Å². The zero-order valence-corrected chi connectivity index (χ0v) is 18.9. The van der Waals surface area contributed by atoms with Crippen LogP contribution in [0.5, 0.6) is 0 Å². The average molecular weight is 477 g/mol. The molecule has 4 atom stereocenters. The fraction of sp³-hybridized carbons (Fsp3) is 0.667. The molecule has 0 aliphatic carbocycles. The first-order chi connectivity index (χ1) is 14.8. The van der Waals surface area contributed by atoms with Crippen LogP contribution < -0.4 is 33.2 Å². The summed E-state index contributed by atoms with van der Waals surface area (Å²) < 4.78 is 0. The highest BCUT2D eigenvalue weighted by Crippen LogP contribution is 2.06. The van der Waals surface area contributed by atoms with E-state index in [-0.39, 0.29) is 24.5 Å². The van der Waals surface area contributed by atoms with E-state index in [0.29, 0.717) is 6.42 Å². The van der Waals surface area contributed by atoms with Gasteiger partial charge in [-0.25, -0.2) is 4.79 Å². The molecule has 10 N–H and O–H groups in total. The molecule has 0 aromatic heterocycles. The van der Waals surface area contributed by atoms with E-state index in [4.69, 9.17) is 22.3 Å². The van der Waals surface area contributed by atoms with Crippen LogP contribution in [0.2, 0.25) is 0 Å². The van der Waals surface area contributed by atoms with E-state index < -0.39 is 66.1 Å². The lowest BCUT2D eigenvalue weighted by molar-refractivity contribution is -0.141. The van der Waals surface area contributed by atoms with Gasteiger partial charge in [-0.1, -0.05) is 13.8 Å². The van der Waals surface area contributed by atoms with Crippen molar-refractivity contribution in [3.63, 3.8) is 0 Å². The van der Waals surface area contributed by atoms with Crippen LogP contribution in [-0.2, 0) is 28.8 Å². The van der Waals surface area contributed by atoms with Gasteiger partial charge in [-0.05, 0) is 18.8 Å². The highest BCUT2D eigenvalue weighted by atomic mass is 32.1. The lowest BCUT2D eigenvalue weighted by Gasteiger charge is -2.24. The fourth-order valence-corrected chi connectivity index (χ4v) is 2.84. The topological polar surface area (TPSA) is 237 Å². The predicted molar refractivity (Wildman–Crippen MR) is 117 cm³/mol. The number of thiol groups is 1. The number of aliphatic carboxylic acids is 1. The lowest BCUT2D eigenvalue weighted by Crippen LogP contribution is -2.58. The van der Waals surface area contributed by atoms with E-state index in [1.807, 2.05) is 13.8 Å². The molecule has 0 rings (SSSR count). The number of carboxylic acid groups (broad SMARTS) is 1. The maximum Gasteiger partial charge on any atom is 0.327 e. The van der Waals surface area contributed by atoms with Gasteiger partial charge in [-0.15, -0.1) is 0 Å². The second-order valence-electron chi connectivity index (χ2n) is 7.62. The van der Waals surface area contributed by atoms with Gasteiger partial charge in [-0.3, -0.25) is 24.0 Å². The number of amides is 5. The molecule has 14 heteroatoms. The molecule has 182 valence electrons. The molecule has 0 aromatic carbocycles. The summed E-state index contributed by atoms with van der Waals surface area (Å²) in [5.41, 5.74) is 16.1. The van der Waals surface area contributed by atoms with Gasteiger partial charge in [0.2, 0.25) is 29.5 Å². The molecule has 0 heterocycles. The maximum absolute atomic E-state index is 12.7. The summed E-state index contributed by atoms with van der Waals surface area (Å²) in [6, 6.07) is -5.12. The van der Waals surface area contributed by atoms with Crippen molar-refractivity contribution >= 4 is 48.1 Å². The van der Waals surface area contributed by atoms with Gasteiger partial charge in [0.05, 0.1) is 12.5 Å². The first-order valence-electron chi connectivity index (χ1n) is 9.85. The number of carbonyl (C=O) groups is 6. The summed E-state index contributed by atoms with van der Waals surface area (Å²) in [7, 11) is 0. The molecule has 0 saturated carbocycles. The van der Waals surface area contributed by atoms with E-state index in [1.54, 1.807) is 0 Å². The van der Waals surface area contributed by atoms with Crippen molar-refractivity contribution in [2.75, 3.05) is 5.75 Å². The van der Waals surface area contributed by atoms with Gasteiger partial charge < -0.3 is 38.3 Å². The summed E-state index contributed by atoms with van der Waals surface area (Å²) in [6.45, 7) is 3.71. The van der Waals surface area contributed by atoms with E-state index in [9.17, 15) is 28.8 Å². The lowest BCUT2D eigenvalue weighted by atomic mass is 10.0. The molecule has 5 amide bonds. The highest BCUT2D eigenvalue weighted by molar-refractivity contribution is 7.80. The SMILES string of the molecule is CC(C)CC(N)C(=O)NC(CCC(N)=O)C(=O)NC(CC(N)=O)C(=O)NC(CS)C(=O)O. The number of nitrogens with one attached hydrogen (secondary N) is 3. The van der Waals surface area contributed by atoms with Crippen molar-refractivity contribution in [3.8, 4) is 0 Å². The Hall–Kier alpha value is -2.87. The second kappa shape index (κ2) is 14.2. The van der Waals surface area contributed by atoms with Gasteiger partial charge >= 0.3 is 5.97 Å². The molecule has 0 aliphatic rings. The minimum Gasteiger partial charge on any atom is -0.480 e. The van der Waals surface area contributed by atoms with Crippen molar-refractivity contribution in [1.82, 2.24) is 16.0 Å². The van der Waals surface area contributed by atoms with Crippen LogP contribution in [-0.4, -0.2) is 70.5 Å². The van der Waals surface area contributed by atoms with Crippen LogP contribution in [0.4, 0.5) is 0 Å². The summed E-state index contributed by atoms with van der Waals surface area (Å²) in [5, 5.41) is 15.8. The third-order valence-electron chi connectivity index (χ3n) is 4.21. The summed E-state index contributed by atoms with van der Waals surface area (Å²) in [5.74, 6) is -5.74. The van der Waals surface area contributed by atoms with Crippen LogP contribution in [0.15, 0.2) is 0 Å². The molecule has 32 heavy (non-hydrogen) atoms. The number of nitrogens with two attached hydrogens (primary N) is 3. The molecule has 0 bridgehead atoms. The molecule has 4 unspecified atom stereocenters. The Kier molecular flexibility index (Phi) is 13.0. The number of rotatable bonds is 15. The maximum atomic E-state index is 12.7. The molecule has 0 saturated heterocycles. The van der Waals surface area contributed by atoms with Crippen molar-refractivity contribution in [2.45, 2.75) is 63.7 Å². The molecule has 0 fully saturated rings. The van der Waals surface area contributed by atoms with Gasteiger partial charge in [0.15, 0.2) is 0 Å². The van der Waals surface area contributed by atoms with Crippen LogP contribution in [0, 0.1) is 5.92 Å². The van der Waals surface area contributed by atoms with Crippen molar-refractivity contribution < 1.29 is 33.9 Å². The third-order valence-corrected chi connectivity index (χ3v) is 4.58. The zero-order chi connectivity index (χ0) is 25.0. The second-order valence-corrected chi connectivity index (χ2v) is 7.98. The highest BCUT2D eigenvalue weighted by Gasteiger charge is 2.31. The Morgan fingerprint density at radius 2 is 1.34 bits per heavy atom. The molecule has 0 aromatic rings. The quantitative estimate of drug-likeness (QED) is 0.113. The minimum atomic E-state index is -1.53. The largest absolute Gasteiger partial charge is 0.480 e. The van der Waals surface area contributed by atoms with Gasteiger partial charge in [0, 0.05) is 12.2 Å². The number of hydrogen-bond donors (Lipinski definition) is 8. The van der Waals surface area contributed by atoms with E-state index in [2.05, 4.69) is 28.6 Å². The molecule has 0 spiro atoms. The third kappa shape index (κ3) is 11.5. The molecular weight excluding hydrogens is 444 g/mol. The van der Waals surface area contributed by atoms with E-state index >= 15 is 0 Å². The molecule has 0 radical (unpaired) electrons. The Morgan fingerprint density at radius 3 is 1.78 bits per heavy atom. The monoisotopic (exact) mass is 476 g/mol. The standard InChI is InChI=1S/C18H32N6O7S/c1-8(2)5-9(19)15(27)22-10(3-4-13(20)25)16(28)23-11(6-14(21)26)17(29)24-12(7-32)18(30)31/h8-12,32H,3-7,19H2,1-2H3,(H2,20,25)(H2,21,26)(H,22,27)(H,23,28)(H,24,29)(H,30,31). The smallest absolute Gasteiger partial charge is 0.327 e. The number of carbonyl (C=O) groups excluding carboxylic acids is 5. The Morgan fingerprint density at radius 1 is 0.844 bits per heavy atom. The number of primary amides is 2. The summed E-state index contributed by atoms with van der Waals surface area (Å²) >= 11 is 3.82. The molecular formula is C18H32N6O7S. The summed E-state index contributed by atoms with van der Waals surface area (Å²) in [4.78, 5) is 71.1. The van der Waals surface area contributed by atoms with Crippen molar-refractivity contribution in [2.24, 2.45) is 23.1 Å². The minimum absolute atomic E-state index is 0.103. The number of hydrogen-bond acceptors (Lipinski definition) is 8. The fourth-order valence-electron chi connectivity index (χ4n) is 2.59. The number of carboxylic acids is 1. The van der Waals surface area contributed by atoms with Gasteiger partial charge in [0.25, 0.3) is 0 Å². The predicted octanol–water partition coefficient (Wildman–Crippen LogP) is -3.03. The first kappa shape index (κ1) is 29.1. The van der Waals surface area contributed by atoms with Crippen LogP contribution in [0.1, 0.15) is 39.5 Å². The summed E-state index contributed by atoms with van der Waals surface area (Å²) in [6.07, 6.45) is -0.755. The van der Waals surface area contributed by atoms with Crippen LogP contribution in [0.25, 0.3) is 0 Å². The van der Waals surface area contributed by atoms with Crippen molar-refractivity contribution in [1.29, 1.82) is 0 Å². The van der Waals surface area contributed by atoms with Crippen LogP contribution >= 0.6 is 12.6 Å². The first-order valence-corrected chi connectivity index (χ1v) is 10.5. The van der Waals surface area contributed by atoms with Gasteiger partial charge in [0.1, 0.15) is 18.1 Å². The normalized spacial score (nSPS) is 14.5. The van der Waals surface area contributed by atoms with Gasteiger partial charge in [-0.2, -0.15) is 12.6 Å². The Bertz CT molecular complexity index is 718. The molecule has 0 aliphatic heterocycles. The van der Waals surface area contributed by atoms with E-state index in [0.717, 1.165) is 0 Å². The Labute approximate surface area is 191 Å².